The molecule has 0 unspecified atom stereocenters. The number of hydrogen-bond acceptors (Lipinski definition) is 2. The number of nitrogens with two attached hydrogens (primary N) is 1. The van der Waals surface area contributed by atoms with Gasteiger partial charge in [-0.3, -0.25) is 0 Å². The second-order valence-electron chi connectivity index (χ2n) is 7.59. The van der Waals surface area contributed by atoms with Crippen molar-refractivity contribution in [2.75, 3.05) is 0 Å². The van der Waals surface area contributed by atoms with E-state index < -0.39 is 0 Å². The van der Waals surface area contributed by atoms with E-state index in [-0.39, 0.29) is 29.3 Å². The van der Waals surface area contributed by atoms with Gasteiger partial charge in [-0.15, -0.1) is 19.0 Å². The molecule has 3 heteroatoms. The lowest BCUT2D eigenvalue weighted by atomic mass is 9.78. The Morgan fingerprint density at radius 1 is 1.14 bits per heavy atom. The highest BCUT2D eigenvalue weighted by Crippen LogP contribution is 2.39. The van der Waals surface area contributed by atoms with Gasteiger partial charge < -0.3 is 10.8 Å². The lowest BCUT2D eigenvalue weighted by molar-refractivity contribution is 0.432. The minimum atomic E-state index is -0.212. The summed E-state index contributed by atoms with van der Waals surface area (Å²) in [5.41, 5.74) is 9.09. The van der Waals surface area contributed by atoms with Crippen LogP contribution < -0.4 is 5.73 Å². The molecule has 0 fully saturated rings. The van der Waals surface area contributed by atoms with Gasteiger partial charge in [0.2, 0.25) is 0 Å². The average Bonchev–Trinajstić information content (AvgIpc) is 2.26. The molecule has 1 rings (SSSR count). The van der Waals surface area contributed by atoms with Gasteiger partial charge in [-0.1, -0.05) is 53.7 Å². The van der Waals surface area contributed by atoms with E-state index in [2.05, 4.69) is 54.2 Å². The van der Waals surface area contributed by atoms with E-state index in [4.69, 9.17) is 5.73 Å². The quantitative estimate of drug-likeness (QED) is 0.773. The minimum absolute atomic E-state index is 0. The van der Waals surface area contributed by atoms with E-state index in [1.54, 1.807) is 6.08 Å². The van der Waals surface area contributed by atoms with Gasteiger partial charge in [0, 0.05) is 11.6 Å². The zero-order valence-electron chi connectivity index (χ0n) is 14.2. The predicted octanol–water partition coefficient (Wildman–Crippen LogP) is 4.98. The summed E-state index contributed by atoms with van der Waals surface area (Å²) in [5, 5.41) is 10.6. The van der Waals surface area contributed by atoms with Crippen LogP contribution in [0.25, 0.3) is 0 Å². The van der Waals surface area contributed by atoms with Crippen LogP contribution in [0.1, 0.15) is 70.7 Å². The second-order valence-corrected chi connectivity index (χ2v) is 7.59. The topological polar surface area (TPSA) is 46.2 Å². The normalized spacial score (nSPS) is 13.5. The van der Waals surface area contributed by atoms with Gasteiger partial charge in [0.15, 0.2) is 0 Å². The van der Waals surface area contributed by atoms with Crippen molar-refractivity contribution < 1.29 is 5.11 Å². The summed E-state index contributed by atoms with van der Waals surface area (Å²) >= 11 is 0. The fourth-order valence-electron chi connectivity index (χ4n) is 2.25. The predicted molar refractivity (Wildman–Crippen MR) is 94.5 cm³/mol. The van der Waals surface area contributed by atoms with Crippen LogP contribution in [-0.4, -0.2) is 5.11 Å². The molecule has 0 aliphatic rings. The largest absolute Gasteiger partial charge is 0.507 e. The number of hydrogen-bond donors (Lipinski definition) is 2. The monoisotopic (exact) mass is 311 g/mol. The van der Waals surface area contributed by atoms with Crippen LogP contribution in [0.2, 0.25) is 0 Å². The zero-order chi connectivity index (χ0) is 15.7. The molecule has 1 aromatic carbocycles. The van der Waals surface area contributed by atoms with Gasteiger partial charge in [-0.2, -0.15) is 0 Å². The molecule has 0 spiro atoms. The molecule has 3 N–H and O–H groups in total. The Morgan fingerprint density at radius 2 is 1.67 bits per heavy atom. The molecule has 1 atom stereocenters. The van der Waals surface area contributed by atoms with Crippen molar-refractivity contribution >= 4 is 12.4 Å². The van der Waals surface area contributed by atoms with E-state index in [1.807, 2.05) is 6.07 Å². The maximum Gasteiger partial charge on any atom is 0.124 e. The van der Waals surface area contributed by atoms with E-state index in [0.717, 1.165) is 11.1 Å². The number of phenolic OH excluding ortho intramolecular Hbond substituents is 1. The van der Waals surface area contributed by atoms with Gasteiger partial charge in [0.25, 0.3) is 0 Å². The van der Waals surface area contributed by atoms with Crippen LogP contribution >= 0.6 is 12.4 Å². The van der Waals surface area contributed by atoms with Crippen LogP contribution in [0.3, 0.4) is 0 Å². The Bertz CT molecular complexity index is 495. The van der Waals surface area contributed by atoms with Gasteiger partial charge >= 0.3 is 0 Å². The molecule has 0 saturated carbocycles. The number of phenols is 1. The van der Waals surface area contributed by atoms with Gasteiger partial charge in [-0.25, -0.2) is 0 Å². The highest BCUT2D eigenvalue weighted by Gasteiger charge is 2.26. The molecule has 0 radical (unpaired) electrons. The lowest BCUT2D eigenvalue weighted by Crippen LogP contribution is -2.19. The molecule has 2 nitrogen and oxygen atoms in total. The Kier molecular flexibility index (Phi) is 6.52. The van der Waals surface area contributed by atoms with Crippen LogP contribution in [-0.2, 0) is 10.8 Å². The first kappa shape index (κ1) is 20.0. The molecule has 0 heterocycles. The fraction of sp³-hybridized carbons (Fsp3) is 0.556. The number of halogens is 1. The lowest BCUT2D eigenvalue weighted by Gasteiger charge is -2.28. The highest BCUT2D eigenvalue weighted by atomic mass is 35.5. The Labute approximate surface area is 135 Å². The third-order valence-electron chi connectivity index (χ3n) is 3.63. The SMILES string of the molecule is C=CC[C@@H](N)c1cc(C(C)(C)C)cc(C(C)(C)C)c1O.Cl. The molecule has 120 valence electrons. The van der Waals surface area contributed by atoms with Crippen molar-refractivity contribution in [2.45, 2.75) is 64.8 Å². The first-order chi connectivity index (χ1) is 8.98. The molecular formula is C18H30ClNO. The number of rotatable bonds is 3. The van der Waals surface area contributed by atoms with Gasteiger partial charge in [0.05, 0.1) is 0 Å². The summed E-state index contributed by atoms with van der Waals surface area (Å²) in [5.74, 6) is 0.333. The van der Waals surface area contributed by atoms with Crippen molar-refractivity contribution in [3.8, 4) is 5.75 Å². The highest BCUT2D eigenvalue weighted by molar-refractivity contribution is 5.85. The summed E-state index contributed by atoms with van der Waals surface area (Å²) in [7, 11) is 0. The Morgan fingerprint density at radius 3 is 2.05 bits per heavy atom. The summed E-state index contributed by atoms with van der Waals surface area (Å²) in [4.78, 5) is 0. The molecule has 0 aliphatic carbocycles. The Hall–Kier alpha value is -0.990. The molecule has 0 aromatic heterocycles. The number of benzene rings is 1. The van der Waals surface area contributed by atoms with Crippen molar-refractivity contribution in [2.24, 2.45) is 5.73 Å². The summed E-state index contributed by atoms with van der Waals surface area (Å²) in [6.07, 6.45) is 2.45. The zero-order valence-corrected chi connectivity index (χ0v) is 15.0. The second kappa shape index (κ2) is 6.85. The van der Waals surface area contributed by atoms with E-state index >= 15 is 0 Å². The molecule has 0 aliphatic heterocycles. The molecule has 21 heavy (non-hydrogen) atoms. The van der Waals surface area contributed by atoms with Crippen LogP contribution in [0.5, 0.6) is 5.75 Å². The fourth-order valence-corrected chi connectivity index (χ4v) is 2.25. The first-order valence-electron chi connectivity index (χ1n) is 7.23. The third-order valence-corrected chi connectivity index (χ3v) is 3.63. The maximum absolute atomic E-state index is 10.6. The summed E-state index contributed by atoms with van der Waals surface area (Å²) < 4.78 is 0. The van der Waals surface area contributed by atoms with Gasteiger partial charge in [0.1, 0.15) is 5.75 Å². The van der Waals surface area contributed by atoms with E-state index in [1.165, 1.54) is 5.56 Å². The van der Waals surface area contributed by atoms with Crippen molar-refractivity contribution in [1.29, 1.82) is 0 Å². The van der Waals surface area contributed by atoms with E-state index in [9.17, 15) is 5.11 Å². The van der Waals surface area contributed by atoms with Crippen LogP contribution in [0, 0.1) is 0 Å². The summed E-state index contributed by atoms with van der Waals surface area (Å²) in [6.45, 7) is 16.6. The molecule has 0 saturated heterocycles. The van der Waals surface area contributed by atoms with E-state index in [0.29, 0.717) is 12.2 Å². The molecule has 1 aromatic rings. The molecular weight excluding hydrogens is 282 g/mol. The Balaban J connectivity index is 0.00000400. The average molecular weight is 312 g/mol. The maximum atomic E-state index is 10.6. The van der Waals surface area contributed by atoms with Crippen LogP contribution in [0.4, 0.5) is 0 Å². The van der Waals surface area contributed by atoms with Crippen molar-refractivity contribution in [3.63, 3.8) is 0 Å². The standard InChI is InChI=1S/C18H29NO.ClH/c1-8-9-15(19)13-10-12(17(2,3)4)11-14(16(13)20)18(5,6)7;/h8,10-11,15,20H,1,9,19H2,2-7H3;1H/t15-;/m1./s1. The minimum Gasteiger partial charge on any atom is -0.507 e. The summed E-state index contributed by atoms with van der Waals surface area (Å²) in [6, 6.07) is 3.94. The smallest absolute Gasteiger partial charge is 0.124 e. The number of aromatic hydroxyl groups is 1. The van der Waals surface area contributed by atoms with Gasteiger partial charge in [-0.05, 0) is 34.4 Å². The van der Waals surface area contributed by atoms with Crippen molar-refractivity contribution in [3.05, 3.63) is 41.5 Å². The molecule has 0 amide bonds. The third kappa shape index (κ3) is 4.76. The van der Waals surface area contributed by atoms with Crippen LogP contribution in [0.15, 0.2) is 24.8 Å². The first-order valence-corrected chi connectivity index (χ1v) is 7.23. The molecule has 0 bridgehead atoms. The van der Waals surface area contributed by atoms with Crippen molar-refractivity contribution in [1.82, 2.24) is 0 Å².